The summed E-state index contributed by atoms with van der Waals surface area (Å²) in [6.07, 6.45) is 4.79. The molecule has 2 heterocycles. The lowest BCUT2D eigenvalue weighted by Crippen LogP contribution is -2.17. The highest BCUT2D eigenvalue weighted by Gasteiger charge is 2.21. The molecule has 2 N–H and O–H groups in total. The van der Waals surface area contributed by atoms with E-state index in [-0.39, 0.29) is 11.3 Å². The molecule has 3 rings (SSSR count). The van der Waals surface area contributed by atoms with Crippen LogP contribution in [0.2, 0.25) is 0 Å². The highest BCUT2D eigenvalue weighted by atomic mass is 16.4. The topological polar surface area (TPSA) is 102 Å². The fourth-order valence-corrected chi connectivity index (χ4v) is 2.38. The average Bonchev–Trinajstić information content (AvgIpc) is 3.17. The number of aryl methyl sites for hydroxylation is 1. The van der Waals surface area contributed by atoms with Crippen LogP contribution < -0.4 is 5.32 Å². The summed E-state index contributed by atoms with van der Waals surface area (Å²) in [5.74, 6) is -1.72. The number of carbonyl (C=O) groups is 2. The summed E-state index contributed by atoms with van der Waals surface area (Å²) in [5.41, 5.74) is 1.40. The Kier molecular flexibility index (Phi) is 4.11. The first kappa shape index (κ1) is 15.5. The SMILES string of the molecule is Cn1ncc(C(=O)Nc2cccc(Cn3cccn3)c2)c1C(=O)O. The van der Waals surface area contributed by atoms with Crippen molar-refractivity contribution in [3.8, 4) is 0 Å². The molecule has 1 aromatic carbocycles. The van der Waals surface area contributed by atoms with E-state index in [1.54, 1.807) is 16.9 Å². The summed E-state index contributed by atoms with van der Waals surface area (Å²) >= 11 is 0. The first-order valence-electron chi connectivity index (χ1n) is 7.17. The zero-order valence-electron chi connectivity index (χ0n) is 12.9. The van der Waals surface area contributed by atoms with Gasteiger partial charge < -0.3 is 10.4 Å². The highest BCUT2D eigenvalue weighted by molar-refractivity contribution is 6.09. The molecule has 0 fully saturated rings. The largest absolute Gasteiger partial charge is 0.477 e. The number of rotatable bonds is 5. The summed E-state index contributed by atoms with van der Waals surface area (Å²) in [5, 5.41) is 19.9. The van der Waals surface area contributed by atoms with E-state index < -0.39 is 11.9 Å². The number of carbonyl (C=O) groups excluding carboxylic acids is 1. The van der Waals surface area contributed by atoms with Gasteiger partial charge in [0.25, 0.3) is 5.91 Å². The molecular weight excluding hydrogens is 310 g/mol. The van der Waals surface area contributed by atoms with E-state index in [9.17, 15) is 14.7 Å². The van der Waals surface area contributed by atoms with Gasteiger partial charge in [-0.2, -0.15) is 10.2 Å². The molecule has 0 aliphatic carbocycles. The molecule has 3 aromatic rings. The van der Waals surface area contributed by atoms with Crippen LogP contribution in [-0.2, 0) is 13.6 Å². The Hall–Kier alpha value is -3.42. The summed E-state index contributed by atoms with van der Waals surface area (Å²) < 4.78 is 2.93. The number of aromatic nitrogens is 4. The number of hydrogen-bond donors (Lipinski definition) is 2. The smallest absolute Gasteiger partial charge is 0.354 e. The van der Waals surface area contributed by atoms with E-state index in [4.69, 9.17) is 0 Å². The van der Waals surface area contributed by atoms with Crippen molar-refractivity contribution in [3.05, 3.63) is 65.7 Å². The van der Waals surface area contributed by atoms with E-state index in [0.717, 1.165) is 10.2 Å². The minimum atomic E-state index is -1.20. The third kappa shape index (κ3) is 3.17. The van der Waals surface area contributed by atoms with Gasteiger partial charge in [-0.3, -0.25) is 14.2 Å². The number of hydrogen-bond acceptors (Lipinski definition) is 4. The van der Waals surface area contributed by atoms with Crippen molar-refractivity contribution in [2.45, 2.75) is 6.54 Å². The van der Waals surface area contributed by atoms with Crippen LogP contribution in [0.1, 0.15) is 26.4 Å². The van der Waals surface area contributed by atoms with E-state index in [1.807, 2.05) is 30.5 Å². The van der Waals surface area contributed by atoms with Crippen LogP contribution in [0.5, 0.6) is 0 Å². The van der Waals surface area contributed by atoms with Crippen LogP contribution in [-0.4, -0.2) is 36.5 Å². The number of amides is 1. The molecule has 0 saturated carbocycles. The van der Waals surface area contributed by atoms with Gasteiger partial charge in [-0.05, 0) is 23.8 Å². The Morgan fingerprint density at radius 2 is 2.08 bits per heavy atom. The number of nitrogens with zero attached hydrogens (tertiary/aromatic N) is 4. The number of carboxylic acid groups (broad SMARTS) is 1. The molecule has 0 aliphatic heterocycles. The van der Waals surface area contributed by atoms with Crippen LogP contribution in [0, 0.1) is 0 Å². The summed E-state index contributed by atoms with van der Waals surface area (Å²) in [7, 11) is 1.48. The van der Waals surface area contributed by atoms with Gasteiger partial charge in [0.15, 0.2) is 5.69 Å². The average molecular weight is 325 g/mol. The molecule has 0 spiro atoms. The molecule has 0 unspecified atom stereocenters. The molecule has 0 atom stereocenters. The van der Waals surface area contributed by atoms with E-state index in [2.05, 4.69) is 15.5 Å². The van der Waals surface area contributed by atoms with Gasteiger partial charge in [-0.25, -0.2) is 4.79 Å². The van der Waals surface area contributed by atoms with E-state index in [0.29, 0.717) is 12.2 Å². The van der Waals surface area contributed by atoms with Crippen molar-refractivity contribution in [2.24, 2.45) is 7.05 Å². The maximum absolute atomic E-state index is 12.3. The molecule has 0 radical (unpaired) electrons. The summed E-state index contributed by atoms with van der Waals surface area (Å²) in [4.78, 5) is 23.6. The molecule has 8 nitrogen and oxygen atoms in total. The van der Waals surface area contributed by atoms with Gasteiger partial charge in [0, 0.05) is 25.1 Å². The number of anilines is 1. The first-order valence-corrected chi connectivity index (χ1v) is 7.17. The van der Waals surface area contributed by atoms with Gasteiger partial charge in [-0.1, -0.05) is 12.1 Å². The normalized spacial score (nSPS) is 10.5. The van der Waals surface area contributed by atoms with Crippen LogP contribution in [0.25, 0.3) is 0 Å². The maximum atomic E-state index is 12.3. The number of carboxylic acids is 1. The molecule has 0 saturated heterocycles. The molecule has 2 aromatic heterocycles. The lowest BCUT2D eigenvalue weighted by atomic mass is 10.2. The quantitative estimate of drug-likeness (QED) is 0.742. The Morgan fingerprint density at radius 1 is 1.25 bits per heavy atom. The predicted octanol–water partition coefficient (Wildman–Crippen LogP) is 1.62. The fraction of sp³-hybridized carbons (Fsp3) is 0.125. The number of aromatic carboxylic acids is 1. The van der Waals surface area contributed by atoms with Crippen molar-refractivity contribution in [3.63, 3.8) is 0 Å². The first-order chi connectivity index (χ1) is 11.5. The zero-order valence-corrected chi connectivity index (χ0v) is 12.9. The van der Waals surface area contributed by atoms with Crippen LogP contribution in [0.15, 0.2) is 48.9 Å². The highest BCUT2D eigenvalue weighted by Crippen LogP contribution is 2.15. The molecule has 24 heavy (non-hydrogen) atoms. The monoisotopic (exact) mass is 325 g/mol. The minimum absolute atomic E-state index is 0.0162. The second-order valence-electron chi connectivity index (χ2n) is 5.19. The fourth-order valence-electron chi connectivity index (χ4n) is 2.38. The standard InChI is InChI=1S/C16H15N5O3/c1-20-14(16(23)24)13(9-18-20)15(22)19-12-5-2-4-11(8-12)10-21-7-3-6-17-21/h2-9H,10H2,1H3,(H,19,22)(H,23,24). The second-order valence-corrected chi connectivity index (χ2v) is 5.19. The van der Waals surface area contributed by atoms with Gasteiger partial charge >= 0.3 is 5.97 Å². The van der Waals surface area contributed by atoms with Gasteiger partial charge in [0.2, 0.25) is 0 Å². The summed E-state index contributed by atoms with van der Waals surface area (Å²) in [6.45, 7) is 0.573. The van der Waals surface area contributed by atoms with Crippen molar-refractivity contribution in [2.75, 3.05) is 5.32 Å². The predicted molar refractivity (Wildman–Crippen MR) is 85.9 cm³/mol. The Morgan fingerprint density at radius 3 is 2.79 bits per heavy atom. The molecule has 0 aliphatic rings. The van der Waals surface area contributed by atoms with Crippen LogP contribution in [0.3, 0.4) is 0 Å². The Bertz CT molecular complexity index is 883. The summed E-state index contributed by atoms with van der Waals surface area (Å²) in [6, 6.07) is 9.12. The van der Waals surface area contributed by atoms with Crippen molar-refractivity contribution in [1.29, 1.82) is 0 Å². The van der Waals surface area contributed by atoms with Gasteiger partial charge in [0.1, 0.15) is 0 Å². The van der Waals surface area contributed by atoms with Crippen molar-refractivity contribution >= 4 is 17.6 Å². The second kappa shape index (κ2) is 6.37. The maximum Gasteiger partial charge on any atom is 0.354 e. The number of nitrogens with one attached hydrogen (secondary N) is 1. The molecule has 1 amide bonds. The van der Waals surface area contributed by atoms with E-state index >= 15 is 0 Å². The van der Waals surface area contributed by atoms with Gasteiger partial charge in [0.05, 0.1) is 18.3 Å². The van der Waals surface area contributed by atoms with Crippen molar-refractivity contribution < 1.29 is 14.7 Å². The Balaban J connectivity index is 1.79. The third-order valence-corrected chi connectivity index (χ3v) is 3.47. The number of benzene rings is 1. The lowest BCUT2D eigenvalue weighted by Gasteiger charge is -2.08. The third-order valence-electron chi connectivity index (χ3n) is 3.47. The van der Waals surface area contributed by atoms with Crippen molar-refractivity contribution in [1.82, 2.24) is 19.6 Å². The molecule has 122 valence electrons. The molecule has 0 bridgehead atoms. The van der Waals surface area contributed by atoms with Crippen LogP contribution in [0.4, 0.5) is 5.69 Å². The Labute approximate surface area is 137 Å². The zero-order chi connectivity index (χ0) is 17.1. The molecular formula is C16H15N5O3. The minimum Gasteiger partial charge on any atom is -0.477 e. The molecule has 8 heteroatoms. The lowest BCUT2D eigenvalue weighted by molar-refractivity contribution is 0.0680. The van der Waals surface area contributed by atoms with Gasteiger partial charge in [-0.15, -0.1) is 0 Å². The van der Waals surface area contributed by atoms with Crippen LogP contribution >= 0.6 is 0 Å². The van der Waals surface area contributed by atoms with E-state index in [1.165, 1.54) is 13.2 Å².